The Bertz CT molecular complexity index is 725. The smallest absolute Gasteiger partial charge is 0.244 e. The number of sulfonamides is 1. The molecule has 0 unspecified atom stereocenters. The molecule has 0 bridgehead atoms. The lowest BCUT2D eigenvalue weighted by Crippen LogP contribution is -2.24. The van der Waals surface area contributed by atoms with Crippen molar-refractivity contribution in [1.82, 2.24) is 9.88 Å². The minimum Gasteiger partial charge on any atom is -0.492 e. The van der Waals surface area contributed by atoms with Crippen molar-refractivity contribution in [3.05, 3.63) is 35.7 Å². The Balaban J connectivity index is 2.24. The fourth-order valence-corrected chi connectivity index (χ4v) is 2.93. The van der Waals surface area contributed by atoms with E-state index in [0.717, 1.165) is 0 Å². The van der Waals surface area contributed by atoms with Gasteiger partial charge in [0.15, 0.2) is 0 Å². The lowest BCUT2D eigenvalue weighted by molar-refractivity contribution is 0.331. The molecule has 2 aromatic rings. The van der Waals surface area contributed by atoms with Gasteiger partial charge in [0, 0.05) is 11.8 Å². The molecule has 0 aliphatic heterocycles. The second kappa shape index (κ2) is 6.15. The number of hydrogen-bond donors (Lipinski definition) is 2. The summed E-state index contributed by atoms with van der Waals surface area (Å²) in [5.41, 5.74) is 6.50. The van der Waals surface area contributed by atoms with Gasteiger partial charge < -0.3 is 15.0 Å². The van der Waals surface area contributed by atoms with Gasteiger partial charge in [-0.1, -0.05) is 5.16 Å². The standard InChI is InChI=1S/C13H17N3O4S/c1-3-19-12-5-4-10(14)7-13(12)21(17,18)15-8-11-6-9(2)20-16-11/h4-7,15H,3,8,14H2,1-2H3. The van der Waals surface area contributed by atoms with Gasteiger partial charge in [-0.25, -0.2) is 13.1 Å². The van der Waals surface area contributed by atoms with Gasteiger partial charge in [0.1, 0.15) is 16.4 Å². The minimum absolute atomic E-state index is 0.00423. The Morgan fingerprint density at radius 3 is 2.76 bits per heavy atom. The van der Waals surface area contributed by atoms with Crippen molar-refractivity contribution in [2.45, 2.75) is 25.3 Å². The number of benzene rings is 1. The number of rotatable bonds is 6. The molecule has 1 aromatic heterocycles. The van der Waals surface area contributed by atoms with Gasteiger partial charge in [-0.3, -0.25) is 0 Å². The molecular formula is C13H17N3O4S. The predicted molar refractivity (Wildman–Crippen MR) is 77.3 cm³/mol. The summed E-state index contributed by atoms with van der Waals surface area (Å²) in [6, 6.07) is 6.14. The van der Waals surface area contributed by atoms with Crippen LogP contribution in [0.15, 0.2) is 33.7 Å². The first-order valence-corrected chi connectivity index (χ1v) is 7.85. The Labute approximate surface area is 123 Å². The van der Waals surface area contributed by atoms with Crippen LogP contribution in [0.3, 0.4) is 0 Å². The van der Waals surface area contributed by atoms with Crippen molar-refractivity contribution in [2.24, 2.45) is 0 Å². The summed E-state index contributed by atoms with van der Waals surface area (Å²) in [6.07, 6.45) is 0. The van der Waals surface area contributed by atoms with E-state index in [2.05, 4.69) is 9.88 Å². The van der Waals surface area contributed by atoms with E-state index in [0.29, 0.717) is 23.7 Å². The fourth-order valence-electron chi connectivity index (χ4n) is 1.76. The molecule has 1 heterocycles. The first-order valence-electron chi connectivity index (χ1n) is 6.36. The molecule has 0 fully saturated rings. The molecule has 0 amide bonds. The van der Waals surface area contributed by atoms with Crippen molar-refractivity contribution in [3.63, 3.8) is 0 Å². The van der Waals surface area contributed by atoms with Crippen LogP contribution in [0.25, 0.3) is 0 Å². The lowest BCUT2D eigenvalue weighted by atomic mass is 10.3. The van der Waals surface area contributed by atoms with Crippen molar-refractivity contribution >= 4 is 15.7 Å². The highest BCUT2D eigenvalue weighted by atomic mass is 32.2. The molecule has 0 aliphatic carbocycles. The van der Waals surface area contributed by atoms with E-state index in [1.807, 2.05) is 0 Å². The van der Waals surface area contributed by atoms with Crippen LogP contribution in [-0.4, -0.2) is 20.2 Å². The number of ether oxygens (including phenoxy) is 1. The number of hydrogen-bond acceptors (Lipinski definition) is 6. The maximum atomic E-state index is 12.4. The second-order valence-corrected chi connectivity index (χ2v) is 6.13. The Morgan fingerprint density at radius 2 is 2.14 bits per heavy atom. The zero-order chi connectivity index (χ0) is 15.5. The molecule has 0 saturated carbocycles. The third-order valence-corrected chi connectivity index (χ3v) is 4.10. The first kappa shape index (κ1) is 15.3. The van der Waals surface area contributed by atoms with Crippen molar-refractivity contribution in [3.8, 4) is 5.75 Å². The van der Waals surface area contributed by atoms with E-state index in [4.69, 9.17) is 15.0 Å². The molecule has 1 aromatic carbocycles. The van der Waals surface area contributed by atoms with E-state index in [1.165, 1.54) is 12.1 Å². The van der Waals surface area contributed by atoms with E-state index >= 15 is 0 Å². The monoisotopic (exact) mass is 311 g/mol. The zero-order valence-corrected chi connectivity index (χ0v) is 12.6. The molecule has 0 aliphatic rings. The largest absolute Gasteiger partial charge is 0.492 e. The fraction of sp³-hybridized carbons (Fsp3) is 0.308. The Hall–Kier alpha value is -2.06. The van der Waals surface area contributed by atoms with Crippen LogP contribution in [-0.2, 0) is 16.6 Å². The number of aryl methyl sites for hydroxylation is 1. The van der Waals surface area contributed by atoms with Crippen molar-refractivity contribution < 1.29 is 17.7 Å². The van der Waals surface area contributed by atoms with Crippen molar-refractivity contribution in [2.75, 3.05) is 12.3 Å². The SMILES string of the molecule is CCOc1ccc(N)cc1S(=O)(=O)NCc1cc(C)on1. The van der Waals surface area contributed by atoms with E-state index in [1.54, 1.807) is 26.0 Å². The number of nitrogens with one attached hydrogen (secondary N) is 1. The number of nitrogen functional groups attached to an aromatic ring is 1. The quantitative estimate of drug-likeness (QED) is 0.782. The molecule has 114 valence electrons. The highest BCUT2D eigenvalue weighted by Crippen LogP contribution is 2.26. The van der Waals surface area contributed by atoms with E-state index < -0.39 is 10.0 Å². The predicted octanol–water partition coefficient (Wildman–Crippen LogP) is 1.44. The first-order chi connectivity index (χ1) is 9.92. The summed E-state index contributed by atoms with van der Waals surface area (Å²) in [5.74, 6) is 0.874. The van der Waals surface area contributed by atoms with E-state index in [9.17, 15) is 8.42 Å². The van der Waals surface area contributed by atoms with Crippen LogP contribution < -0.4 is 15.2 Å². The maximum Gasteiger partial charge on any atom is 0.244 e. The summed E-state index contributed by atoms with van der Waals surface area (Å²) in [6.45, 7) is 3.89. The van der Waals surface area contributed by atoms with Gasteiger partial charge in [-0.2, -0.15) is 0 Å². The molecule has 3 N–H and O–H groups in total. The molecular weight excluding hydrogens is 294 g/mol. The number of nitrogens with two attached hydrogens (primary N) is 1. The van der Waals surface area contributed by atoms with Gasteiger partial charge in [0.25, 0.3) is 0 Å². The third-order valence-electron chi connectivity index (χ3n) is 2.68. The topological polar surface area (TPSA) is 107 Å². The van der Waals surface area contributed by atoms with Gasteiger partial charge in [0.05, 0.1) is 18.8 Å². The summed E-state index contributed by atoms with van der Waals surface area (Å²) in [5, 5.41) is 3.73. The highest BCUT2D eigenvalue weighted by molar-refractivity contribution is 7.89. The summed E-state index contributed by atoms with van der Waals surface area (Å²) < 4.78 is 37.4. The summed E-state index contributed by atoms with van der Waals surface area (Å²) >= 11 is 0. The lowest BCUT2D eigenvalue weighted by Gasteiger charge is -2.12. The Kier molecular flexibility index (Phi) is 4.49. The van der Waals surface area contributed by atoms with Crippen LogP contribution in [0.1, 0.15) is 18.4 Å². The molecule has 7 nitrogen and oxygen atoms in total. The average molecular weight is 311 g/mol. The molecule has 21 heavy (non-hydrogen) atoms. The van der Waals surface area contributed by atoms with Crippen LogP contribution in [0.2, 0.25) is 0 Å². The van der Waals surface area contributed by atoms with Gasteiger partial charge in [0.2, 0.25) is 10.0 Å². The Morgan fingerprint density at radius 1 is 1.38 bits per heavy atom. The van der Waals surface area contributed by atoms with Gasteiger partial charge >= 0.3 is 0 Å². The average Bonchev–Trinajstić information content (AvgIpc) is 2.85. The second-order valence-electron chi connectivity index (χ2n) is 4.39. The number of aromatic nitrogens is 1. The normalized spacial score (nSPS) is 11.5. The summed E-state index contributed by atoms with van der Waals surface area (Å²) in [4.78, 5) is 0.00423. The molecule has 0 spiro atoms. The molecule has 0 saturated heterocycles. The van der Waals surface area contributed by atoms with Gasteiger partial charge in [-0.05, 0) is 32.0 Å². The van der Waals surface area contributed by atoms with Gasteiger partial charge in [-0.15, -0.1) is 0 Å². The van der Waals surface area contributed by atoms with Crippen LogP contribution >= 0.6 is 0 Å². The molecule has 0 radical (unpaired) electrons. The van der Waals surface area contributed by atoms with Crippen molar-refractivity contribution in [1.29, 1.82) is 0 Å². The molecule has 2 rings (SSSR count). The third kappa shape index (κ3) is 3.73. The van der Waals surface area contributed by atoms with E-state index in [-0.39, 0.29) is 17.2 Å². The maximum absolute atomic E-state index is 12.4. The van der Waals surface area contributed by atoms with Crippen LogP contribution in [0.5, 0.6) is 5.75 Å². The van der Waals surface area contributed by atoms with Crippen LogP contribution in [0, 0.1) is 6.92 Å². The number of nitrogens with zero attached hydrogens (tertiary/aromatic N) is 1. The summed E-state index contributed by atoms with van der Waals surface area (Å²) in [7, 11) is -3.76. The minimum atomic E-state index is -3.76. The zero-order valence-electron chi connectivity index (χ0n) is 11.8. The molecule has 8 heteroatoms. The molecule has 0 atom stereocenters. The number of anilines is 1. The van der Waals surface area contributed by atoms with Crippen LogP contribution in [0.4, 0.5) is 5.69 Å². The highest BCUT2D eigenvalue weighted by Gasteiger charge is 2.20.